The fourth-order valence-corrected chi connectivity index (χ4v) is 1.64. The van der Waals surface area contributed by atoms with Crippen molar-refractivity contribution in [3.8, 4) is 11.8 Å². The van der Waals surface area contributed by atoms with Crippen LogP contribution in [0.5, 0.6) is 0 Å². The van der Waals surface area contributed by atoms with Gasteiger partial charge in [-0.3, -0.25) is 9.48 Å². The highest BCUT2D eigenvalue weighted by atomic mass is 19.1. The van der Waals surface area contributed by atoms with Gasteiger partial charge in [0.1, 0.15) is 12.4 Å². The second-order valence-corrected chi connectivity index (χ2v) is 4.01. The van der Waals surface area contributed by atoms with E-state index in [0.29, 0.717) is 5.69 Å². The van der Waals surface area contributed by atoms with E-state index in [0.717, 1.165) is 6.07 Å². The van der Waals surface area contributed by atoms with Crippen molar-refractivity contribution in [3.05, 3.63) is 47.5 Å². The summed E-state index contributed by atoms with van der Waals surface area (Å²) in [5.74, 6) is 4.04. The Hall–Kier alpha value is -2.65. The zero-order valence-corrected chi connectivity index (χ0v) is 10.7. The average Bonchev–Trinajstić information content (AvgIpc) is 2.81. The molecule has 0 aliphatic rings. The molecule has 0 fully saturated rings. The van der Waals surface area contributed by atoms with Crippen molar-refractivity contribution in [1.29, 1.82) is 0 Å². The van der Waals surface area contributed by atoms with Crippen LogP contribution in [0.2, 0.25) is 0 Å². The van der Waals surface area contributed by atoms with E-state index in [4.69, 9.17) is 5.11 Å². The third-order valence-corrected chi connectivity index (χ3v) is 2.49. The number of amides is 1. The summed E-state index contributed by atoms with van der Waals surface area (Å²) < 4.78 is 14.7. The molecule has 1 aromatic carbocycles. The number of carbonyl (C=O) groups is 1. The number of anilines is 1. The molecule has 0 aliphatic carbocycles. The van der Waals surface area contributed by atoms with Gasteiger partial charge >= 0.3 is 0 Å². The number of nitrogens with zero attached hydrogens (tertiary/aromatic N) is 2. The van der Waals surface area contributed by atoms with Crippen molar-refractivity contribution in [3.63, 3.8) is 0 Å². The van der Waals surface area contributed by atoms with E-state index in [-0.39, 0.29) is 17.7 Å². The predicted octanol–water partition coefficient (Wildman–Crippen LogP) is 1.16. The summed E-state index contributed by atoms with van der Waals surface area (Å²) in [6.45, 7) is -0.361. The Balaban J connectivity index is 2.29. The van der Waals surface area contributed by atoms with Crippen LogP contribution in [0.1, 0.15) is 15.9 Å². The predicted molar refractivity (Wildman–Crippen MR) is 71.5 cm³/mol. The number of hydrogen-bond donors (Lipinski definition) is 2. The Kier molecular flexibility index (Phi) is 4.13. The van der Waals surface area contributed by atoms with E-state index < -0.39 is 11.7 Å². The minimum absolute atomic E-state index is 0.223. The number of halogens is 1. The number of hydrogen-bond acceptors (Lipinski definition) is 3. The first-order valence-electron chi connectivity index (χ1n) is 5.79. The molecule has 0 atom stereocenters. The molecule has 20 heavy (non-hydrogen) atoms. The second-order valence-electron chi connectivity index (χ2n) is 4.01. The standard InChI is InChI=1S/C14H12FN3O2/c1-18-9-12(8-16-18)17-14(20)13-5-4-11(15)7-10(13)3-2-6-19/h4-5,7-9,19H,6H2,1H3,(H,17,20). The number of aryl methyl sites for hydroxylation is 1. The van der Waals surface area contributed by atoms with Crippen molar-refractivity contribution >= 4 is 11.6 Å². The van der Waals surface area contributed by atoms with Gasteiger partial charge < -0.3 is 10.4 Å². The second kappa shape index (κ2) is 5.99. The monoisotopic (exact) mass is 273 g/mol. The molecule has 2 aromatic rings. The molecule has 0 saturated carbocycles. The number of rotatable bonds is 2. The van der Waals surface area contributed by atoms with Gasteiger partial charge in [0.15, 0.2) is 0 Å². The van der Waals surface area contributed by atoms with Gasteiger partial charge in [0.2, 0.25) is 0 Å². The molecule has 0 spiro atoms. The van der Waals surface area contributed by atoms with Gasteiger partial charge in [-0.25, -0.2) is 4.39 Å². The quantitative estimate of drug-likeness (QED) is 0.807. The Morgan fingerprint density at radius 3 is 3.00 bits per heavy atom. The minimum Gasteiger partial charge on any atom is -0.384 e. The van der Waals surface area contributed by atoms with Gasteiger partial charge in [0, 0.05) is 18.8 Å². The van der Waals surface area contributed by atoms with Crippen LogP contribution >= 0.6 is 0 Å². The highest BCUT2D eigenvalue weighted by Crippen LogP contribution is 2.13. The fraction of sp³-hybridized carbons (Fsp3) is 0.143. The third kappa shape index (κ3) is 3.22. The fourth-order valence-electron chi connectivity index (χ4n) is 1.64. The van der Waals surface area contributed by atoms with E-state index in [1.165, 1.54) is 18.3 Å². The lowest BCUT2D eigenvalue weighted by Crippen LogP contribution is -2.13. The molecule has 102 valence electrons. The lowest BCUT2D eigenvalue weighted by molar-refractivity contribution is 0.102. The lowest BCUT2D eigenvalue weighted by atomic mass is 10.1. The summed E-state index contributed by atoms with van der Waals surface area (Å²) in [5.41, 5.74) is 0.986. The number of carbonyl (C=O) groups excluding carboxylic acids is 1. The van der Waals surface area contributed by atoms with E-state index in [1.807, 2.05) is 0 Å². The Morgan fingerprint density at radius 1 is 1.55 bits per heavy atom. The minimum atomic E-state index is -0.495. The molecule has 2 rings (SSSR count). The molecule has 0 aliphatic heterocycles. The first-order chi connectivity index (χ1) is 9.60. The van der Waals surface area contributed by atoms with Crippen LogP contribution in [0.3, 0.4) is 0 Å². The maximum Gasteiger partial charge on any atom is 0.257 e. The van der Waals surface area contributed by atoms with Crippen molar-refractivity contribution < 1.29 is 14.3 Å². The van der Waals surface area contributed by atoms with Crippen molar-refractivity contribution in [1.82, 2.24) is 9.78 Å². The van der Waals surface area contributed by atoms with Crippen LogP contribution in [0.25, 0.3) is 0 Å². The van der Waals surface area contributed by atoms with Crippen LogP contribution in [-0.2, 0) is 7.05 Å². The summed E-state index contributed by atoms with van der Waals surface area (Å²) in [6.07, 6.45) is 3.14. The molecule has 0 unspecified atom stereocenters. The van der Waals surface area contributed by atoms with Crippen LogP contribution in [-0.4, -0.2) is 27.4 Å². The van der Waals surface area contributed by atoms with Gasteiger partial charge in [-0.1, -0.05) is 11.8 Å². The summed E-state index contributed by atoms with van der Waals surface area (Å²) in [5, 5.41) is 15.3. The van der Waals surface area contributed by atoms with Crippen LogP contribution < -0.4 is 5.32 Å². The van der Waals surface area contributed by atoms with Gasteiger partial charge in [0.05, 0.1) is 17.4 Å². The van der Waals surface area contributed by atoms with Crippen molar-refractivity contribution in [2.75, 3.05) is 11.9 Å². The van der Waals surface area contributed by atoms with E-state index in [9.17, 15) is 9.18 Å². The zero-order chi connectivity index (χ0) is 14.5. The number of nitrogens with one attached hydrogen (secondary N) is 1. The molecule has 0 radical (unpaired) electrons. The first kappa shape index (κ1) is 13.8. The zero-order valence-electron chi connectivity index (χ0n) is 10.7. The van der Waals surface area contributed by atoms with Crippen LogP contribution in [0, 0.1) is 17.7 Å². The highest BCUT2D eigenvalue weighted by molar-refractivity contribution is 6.05. The molecule has 0 bridgehead atoms. The number of aliphatic hydroxyl groups is 1. The molecular weight excluding hydrogens is 261 g/mol. The van der Waals surface area contributed by atoms with Gasteiger partial charge in [-0.05, 0) is 18.2 Å². The summed E-state index contributed by atoms with van der Waals surface area (Å²) in [7, 11) is 1.73. The normalized spacial score (nSPS) is 9.75. The van der Waals surface area contributed by atoms with Crippen LogP contribution in [0.4, 0.5) is 10.1 Å². The molecule has 1 amide bonds. The molecule has 1 heterocycles. The van der Waals surface area contributed by atoms with E-state index in [1.54, 1.807) is 17.9 Å². The Morgan fingerprint density at radius 2 is 2.35 bits per heavy atom. The molecule has 0 saturated heterocycles. The lowest BCUT2D eigenvalue weighted by Gasteiger charge is -2.05. The molecule has 6 heteroatoms. The van der Waals surface area contributed by atoms with E-state index in [2.05, 4.69) is 22.3 Å². The SMILES string of the molecule is Cn1cc(NC(=O)c2ccc(F)cc2C#CCO)cn1. The smallest absolute Gasteiger partial charge is 0.257 e. The number of aliphatic hydroxyl groups excluding tert-OH is 1. The molecule has 5 nitrogen and oxygen atoms in total. The van der Waals surface area contributed by atoms with Gasteiger partial charge in [0.25, 0.3) is 5.91 Å². The maximum atomic E-state index is 13.2. The van der Waals surface area contributed by atoms with Crippen molar-refractivity contribution in [2.45, 2.75) is 0 Å². The number of aromatic nitrogens is 2. The van der Waals surface area contributed by atoms with Gasteiger partial charge in [-0.2, -0.15) is 5.10 Å². The molecule has 2 N–H and O–H groups in total. The Bertz CT molecular complexity index is 698. The topological polar surface area (TPSA) is 67.2 Å². The molecule has 1 aromatic heterocycles. The highest BCUT2D eigenvalue weighted by Gasteiger charge is 2.12. The van der Waals surface area contributed by atoms with Crippen LogP contribution in [0.15, 0.2) is 30.6 Å². The van der Waals surface area contributed by atoms with Crippen molar-refractivity contribution in [2.24, 2.45) is 7.05 Å². The summed E-state index contributed by atoms with van der Waals surface area (Å²) in [6, 6.07) is 3.69. The van der Waals surface area contributed by atoms with Gasteiger partial charge in [-0.15, -0.1) is 0 Å². The van der Waals surface area contributed by atoms with E-state index >= 15 is 0 Å². The third-order valence-electron chi connectivity index (χ3n) is 2.49. The first-order valence-corrected chi connectivity index (χ1v) is 5.79. The Labute approximate surface area is 115 Å². The maximum absolute atomic E-state index is 13.2. The number of benzene rings is 1. The average molecular weight is 273 g/mol. The summed E-state index contributed by atoms with van der Waals surface area (Å²) in [4.78, 5) is 12.1. The molecular formula is C14H12FN3O2. The summed E-state index contributed by atoms with van der Waals surface area (Å²) >= 11 is 0. The largest absolute Gasteiger partial charge is 0.384 e.